The van der Waals surface area contributed by atoms with Crippen molar-refractivity contribution in [1.29, 1.82) is 0 Å². The quantitative estimate of drug-likeness (QED) is 0.757. The summed E-state index contributed by atoms with van der Waals surface area (Å²) in [4.78, 5) is 0. The highest BCUT2D eigenvalue weighted by Gasteiger charge is 2.48. The fraction of sp³-hybridized carbons (Fsp3) is 1.00. The van der Waals surface area contributed by atoms with Gasteiger partial charge in [-0.15, -0.1) is 0 Å². The number of hydrogen-bond donors (Lipinski definition) is 2. The van der Waals surface area contributed by atoms with Crippen LogP contribution in [0.5, 0.6) is 0 Å². The summed E-state index contributed by atoms with van der Waals surface area (Å²) in [5, 5.41) is 13.5. The third-order valence-electron chi connectivity index (χ3n) is 5.55. The van der Waals surface area contributed by atoms with Crippen molar-refractivity contribution in [3.8, 4) is 0 Å². The van der Waals surface area contributed by atoms with Gasteiger partial charge in [-0.1, -0.05) is 20.8 Å². The molecule has 3 unspecified atom stereocenters. The first kappa shape index (κ1) is 17.2. The van der Waals surface area contributed by atoms with E-state index in [0.29, 0.717) is 31.4 Å². The molecule has 0 saturated heterocycles. The molecule has 0 radical (unpaired) electrons. The zero-order chi connectivity index (χ0) is 15.5. The van der Waals surface area contributed by atoms with Crippen LogP contribution < -0.4 is 5.32 Å². The number of aliphatic hydroxyl groups excluding tert-OH is 1. The van der Waals surface area contributed by atoms with E-state index in [1.807, 2.05) is 0 Å². The molecular weight excluding hydrogens is 266 g/mol. The van der Waals surface area contributed by atoms with Crippen molar-refractivity contribution in [2.45, 2.75) is 77.2 Å². The Bertz CT molecular complexity index is 313. The van der Waals surface area contributed by atoms with Gasteiger partial charge < -0.3 is 19.9 Å². The predicted molar refractivity (Wildman–Crippen MR) is 84.4 cm³/mol. The third kappa shape index (κ3) is 4.41. The first-order valence-corrected chi connectivity index (χ1v) is 8.49. The van der Waals surface area contributed by atoms with Gasteiger partial charge in [-0.05, 0) is 38.0 Å². The van der Waals surface area contributed by atoms with Crippen LogP contribution in [0.3, 0.4) is 0 Å². The van der Waals surface area contributed by atoms with Crippen LogP contribution in [-0.4, -0.2) is 49.7 Å². The van der Waals surface area contributed by atoms with Crippen LogP contribution in [0.25, 0.3) is 0 Å². The summed E-state index contributed by atoms with van der Waals surface area (Å²) in [5.41, 5.74) is 0.148. The molecule has 2 aliphatic carbocycles. The zero-order valence-corrected chi connectivity index (χ0v) is 14.1. The fourth-order valence-electron chi connectivity index (χ4n) is 3.61. The van der Waals surface area contributed by atoms with Crippen LogP contribution >= 0.6 is 0 Å². The van der Waals surface area contributed by atoms with Gasteiger partial charge in [0.15, 0.2) is 0 Å². The van der Waals surface area contributed by atoms with E-state index in [9.17, 15) is 5.11 Å². The smallest absolute Gasteiger partial charge is 0.0897 e. The van der Waals surface area contributed by atoms with Gasteiger partial charge in [-0.2, -0.15) is 0 Å². The van der Waals surface area contributed by atoms with E-state index in [1.165, 1.54) is 12.8 Å². The molecule has 0 amide bonds. The summed E-state index contributed by atoms with van der Waals surface area (Å²) in [6.07, 6.45) is 6.10. The molecule has 0 aromatic heterocycles. The second-order valence-corrected chi connectivity index (χ2v) is 7.61. The molecule has 2 rings (SSSR count). The van der Waals surface area contributed by atoms with Crippen molar-refractivity contribution in [3.05, 3.63) is 0 Å². The van der Waals surface area contributed by atoms with Crippen molar-refractivity contribution >= 4 is 0 Å². The summed E-state index contributed by atoms with van der Waals surface area (Å²) in [5.74, 6) is 0.839. The fourth-order valence-corrected chi connectivity index (χ4v) is 3.61. The first-order valence-electron chi connectivity index (χ1n) is 8.49. The van der Waals surface area contributed by atoms with E-state index in [0.717, 1.165) is 25.2 Å². The van der Waals surface area contributed by atoms with E-state index < -0.39 is 6.10 Å². The lowest BCUT2D eigenvalue weighted by Gasteiger charge is -2.51. The highest BCUT2D eigenvalue weighted by atomic mass is 16.5. The molecule has 0 heterocycles. The molecule has 0 spiro atoms. The topological polar surface area (TPSA) is 50.7 Å². The summed E-state index contributed by atoms with van der Waals surface area (Å²) in [7, 11) is 1.77. The maximum absolute atomic E-state index is 10.1. The third-order valence-corrected chi connectivity index (χ3v) is 5.55. The summed E-state index contributed by atoms with van der Waals surface area (Å²) in [6.45, 7) is 7.80. The molecule has 0 bridgehead atoms. The molecule has 2 N–H and O–H groups in total. The Morgan fingerprint density at radius 2 is 1.90 bits per heavy atom. The van der Waals surface area contributed by atoms with E-state index >= 15 is 0 Å². The standard InChI is InChI=1S/C17H33NO3/c1-12-5-7-14(8-6-12)21-11-13(19)10-18-15-9-16(20-4)17(15,2)3/h12-16,18-19H,5-11H2,1-4H3. The molecule has 2 saturated carbocycles. The molecule has 0 aliphatic heterocycles. The monoisotopic (exact) mass is 299 g/mol. The van der Waals surface area contributed by atoms with Gasteiger partial charge in [0, 0.05) is 25.1 Å². The Kier molecular flexibility index (Phi) is 6.06. The molecule has 21 heavy (non-hydrogen) atoms. The van der Waals surface area contributed by atoms with Gasteiger partial charge in [0.1, 0.15) is 0 Å². The molecule has 2 fully saturated rings. The Labute approximate surface area is 129 Å². The van der Waals surface area contributed by atoms with Crippen molar-refractivity contribution in [3.63, 3.8) is 0 Å². The zero-order valence-electron chi connectivity index (χ0n) is 14.1. The van der Waals surface area contributed by atoms with Gasteiger partial charge in [0.25, 0.3) is 0 Å². The minimum Gasteiger partial charge on any atom is -0.389 e. The number of nitrogens with one attached hydrogen (secondary N) is 1. The maximum Gasteiger partial charge on any atom is 0.0897 e. The van der Waals surface area contributed by atoms with Crippen molar-refractivity contribution in [2.24, 2.45) is 11.3 Å². The van der Waals surface area contributed by atoms with Gasteiger partial charge in [-0.3, -0.25) is 0 Å². The van der Waals surface area contributed by atoms with Crippen molar-refractivity contribution in [2.75, 3.05) is 20.3 Å². The molecule has 0 aromatic carbocycles. The number of ether oxygens (including phenoxy) is 2. The van der Waals surface area contributed by atoms with Crippen LogP contribution in [0.15, 0.2) is 0 Å². The van der Waals surface area contributed by atoms with Crippen LogP contribution in [0.4, 0.5) is 0 Å². The number of methoxy groups -OCH3 is 1. The number of hydrogen-bond acceptors (Lipinski definition) is 4. The summed E-state index contributed by atoms with van der Waals surface area (Å²) >= 11 is 0. The highest BCUT2D eigenvalue weighted by Crippen LogP contribution is 2.42. The average Bonchev–Trinajstić information content (AvgIpc) is 2.45. The normalized spacial score (nSPS) is 37.0. The van der Waals surface area contributed by atoms with E-state index in [-0.39, 0.29) is 5.41 Å². The van der Waals surface area contributed by atoms with Crippen LogP contribution in [-0.2, 0) is 9.47 Å². The lowest BCUT2D eigenvalue weighted by Crippen LogP contribution is -2.61. The van der Waals surface area contributed by atoms with Crippen molar-refractivity contribution < 1.29 is 14.6 Å². The second kappa shape index (κ2) is 7.40. The van der Waals surface area contributed by atoms with E-state index in [1.54, 1.807) is 7.11 Å². The molecular formula is C17H33NO3. The Hall–Kier alpha value is -0.160. The minimum atomic E-state index is -0.415. The van der Waals surface area contributed by atoms with Gasteiger partial charge >= 0.3 is 0 Å². The SMILES string of the molecule is COC1CC(NCC(O)COC2CCC(C)CC2)C1(C)C. The van der Waals surface area contributed by atoms with Crippen LogP contribution in [0.2, 0.25) is 0 Å². The Morgan fingerprint density at radius 3 is 2.48 bits per heavy atom. The molecule has 2 aliphatic rings. The lowest BCUT2D eigenvalue weighted by atomic mass is 9.64. The predicted octanol–water partition coefficient (Wildman–Crippen LogP) is 2.35. The molecule has 3 atom stereocenters. The Morgan fingerprint density at radius 1 is 1.24 bits per heavy atom. The van der Waals surface area contributed by atoms with Crippen molar-refractivity contribution in [1.82, 2.24) is 5.32 Å². The van der Waals surface area contributed by atoms with E-state index in [2.05, 4.69) is 26.1 Å². The second-order valence-electron chi connectivity index (χ2n) is 7.61. The van der Waals surface area contributed by atoms with Gasteiger partial charge in [-0.25, -0.2) is 0 Å². The summed E-state index contributed by atoms with van der Waals surface area (Å²) in [6, 6.07) is 0.424. The molecule has 124 valence electrons. The van der Waals surface area contributed by atoms with Crippen LogP contribution in [0.1, 0.15) is 52.9 Å². The van der Waals surface area contributed by atoms with Gasteiger partial charge in [0.2, 0.25) is 0 Å². The summed E-state index contributed by atoms with van der Waals surface area (Å²) < 4.78 is 11.3. The Balaban J connectivity index is 1.59. The van der Waals surface area contributed by atoms with Gasteiger partial charge in [0.05, 0.1) is 24.9 Å². The number of aliphatic hydroxyl groups is 1. The maximum atomic E-state index is 10.1. The van der Waals surface area contributed by atoms with Crippen LogP contribution in [0, 0.1) is 11.3 Å². The van der Waals surface area contributed by atoms with E-state index in [4.69, 9.17) is 9.47 Å². The largest absolute Gasteiger partial charge is 0.389 e. The minimum absolute atomic E-state index is 0.148. The number of rotatable bonds is 7. The average molecular weight is 299 g/mol. The molecule has 4 nitrogen and oxygen atoms in total. The first-order chi connectivity index (χ1) is 9.93. The lowest BCUT2D eigenvalue weighted by molar-refractivity contribution is -0.101. The highest BCUT2D eigenvalue weighted by molar-refractivity contribution is 5.02. The molecule has 0 aromatic rings. The molecule has 4 heteroatoms.